The van der Waals surface area contributed by atoms with Gasteiger partial charge in [-0.25, -0.2) is 0 Å². The number of amides is 4. The van der Waals surface area contributed by atoms with E-state index >= 15 is 0 Å². The van der Waals surface area contributed by atoms with Gasteiger partial charge in [-0.2, -0.15) is 5.06 Å². The van der Waals surface area contributed by atoms with Crippen molar-refractivity contribution in [1.29, 1.82) is 0 Å². The van der Waals surface area contributed by atoms with E-state index in [9.17, 15) is 33.9 Å². The topological polar surface area (TPSA) is 209 Å². The van der Waals surface area contributed by atoms with Crippen LogP contribution < -0.4 is 19.5 Å². The molecule has 4 aliphatic rings. The quantitative estimate of drug-likeness (QED) is 0.0218. The number of benzene rings is 3. The number of carbonyl (C=O) groups is 6. The van der Waals surface area contributed by atoms with Crippen LogP contribution in [0, 0.1) is 17.3 Å². The van der Waals surface area contributed by atoms with Gasteiger partial charge in [0.1, 0.15) is 22.8 Å². The largest absolute Gasteiger partial charge is 0.497 e. The number of hydrogen-bond acceptors (Lipinski definition) is 14. The minimum absolute atomic E-state index is 0.0180. The fourth-order valence-corrected chi connectivity index (χ4v) is 10.4. The van der Waals surface area contributed by atoms with Crippen molar-refractivity contribution < 1.29 is 67.1 Å². The molecule has 4 heterocycles. The van der Waals surface area contributed by atoms with Gasteiger partial charge in [0.05, 0.1) is 78.0 Å². The zero-order valence-corrected chi connectivity index (χ0v) is 45.8. The highest BCUT2D eigenvalue weighted by Gasteiger charge is 2.61. The lowest BCUT2D eigenvalue weighted by Gasteiger charge is -2.44. The van der Waals surface area contributed by atoms with Gasteiger partial charge < -0.3 is 48.6 Å². The molecule has 0 aliphatic carbocycles. The van der Waals surface area contributed by atoms with Gasteiger partial charge in [-0.3, -0.25) is 33.6 Å². The molecule has 4 atom stereocenters. The lowest BCUT2D eigenvalue weighted by molar-refractivity contribution is -0.192. The zero-order chi connectivity index (χ0) is 55.4. The van der Waals surface area contributed by atoms with Crippen molar-refractivity contribution >= 4 is 35.6 Å². The van der Waals surface area contributed by atoms with Crippen molar-refractivity contribution in [1.82, 2.24) is 20.2 Å². The maximum atomic E-state index is 13.6. The summed E-state index contributed by atoms with van der Waals surface area (Å²) in [5, 5.41) is 13.1. The average molecular weight is 1070 g/mol. The number of esters is 1. The van der Waals surface area contributed by atoms with E-state index < -0.39 is 34.8 Å². The Morgan fingerprint density at radius 2 is 1.16 bits per heavy atom. The first-order valence-electron chi connectivity index (χ1n) is 27.3. The highest BCUT2D eigenvalue weighted by Crippen LogP contribution is 2.46. The summed E-state index contributed by atoms with van der Waals surface area (Å²) in [6.45, 7) is 11.7. The third-order valence-electron chi connectivity index (χ3n) is 15.2. The summed E-state index contributed by atoms with van der Waals surface area (Å²) in [6.07, 6.45) is 8.03. The number of aliphatic carboxylic acids is 1. The highest BCUT2D eigenvalue weighted by atomic mass is 16.7. The van der Waals surface area contributed by atoms with Crippen LogP contribution in [0.2, 0.25) is 0 Å². The van der Waals surface area contributed by atoms with Crippen LogP contribution in [-0.4, -0.2) is 148 Å². The Morgan fingerprint density at radius 1 is 0.662 bits per heavy atom. The third kappa shape index (κ3) is 15.7. The number of hydroxylamine groups is 2. The standard InChI is InChI=1S/C53H65N3O14.C6H15N/c1-64-39-18-12-36(13-19-39)53(37-14-20-40(65-2)21-15-37,38-16-22-41(66-3)23-17-38)68-35-52(34-67-47(61)27-26-46(59)60)28-31-55(32-29-52)45(58)11-7-4-8-30-54-44(57)10-6-5-9-33-69-56-50(62)48-42-24-25-43(70-42)49(48)51(56)63;1-4-7(5-2)6-3/h12-25,42-43,48-49H,4-11,26-35H2,1-3H3,(H,54,57)(H,59,60);4-6H2,1-3H3. The second-order valence-electron chi connectivity index (χ2n) is 20.0. The van der Waals surface area contributed by atoms with Gasteiger partial charge in [-0.1, -0.05) is 82.2 Å². The second kappa shape index (κ2) is 29.4. The lowest BCUT2D eigenvalue weighted by Crippen LogP contribution is -2.49. The number of piperidine rings is 1. The molecule has 4 amide bonds. The average Bonchev–Trinajstić information content (AvgIpc) is 4.16. The van der Waals surface area contributed by atoms with Gasteiger partial charge in [0.15, 0.2) is 0 Å². The fraction of sp³-hybridized carbons (Fsp3) is 0.559. The summed E-state index contributed by atoms with van der Waals surface area (Å²) in [5.74, 6) is -1.44. The molecule has 4 unspecified atom stereocenters. The third-order valence-corrected chi connectivity index (χ3v) is 15.2. The summed E-state index contributed by atoms with van der Waals surface area (Å²) in [5.41, 5.74) is 0.495. The van der Waals surface area contributed by atoms with Crippen LogP contribution >= 0.6 is 0 Å². The zero-order valence-electron chi connectivity index (χ0n) is 45.8. The first-order valence-corrected chi connectivity index (χ1v) is 27.3. The minimum Gasteiger partial charge on any atom is -0.497 e. The summed E-state index contributed by atoms with van der Waals surface area (Å²) in [7, 11) is 4.81. The summed E-state index contributed by atoms with van der Waals surface area (Å²) < 4.78 is 35.3. The first kappa shape index (κ1) is 59.9. The summed E-state index contributed by atoms with van der Waals surface area (Å²) in [4.78, 5) is 85.4. The van der Waals surface area contributed by atoms with Gasteiger partial charge in [0, 0.05) is 37.9 Å². The number of hydrogen-bond donors (Lipinski definition) is 2. The van der Waals surface area contributed by atoms with Crippen LogP contribution in [0.4, 0.5) is 0 Å². The lowest BCUT2D eigenvalue weighted by atomic mass is 9.77. The molecule has 0 saturated carbocycles. The Labute approximate surface area is 453 Å². The molecule has 2 N–H and O–H groups in total. The normalized spacial score (nSPS) is 19.2. The SMILES string of the molecule is CCN(CC)CC.COc1ccc(C(OCC2(COC(=O)CCC(=O)O)CCN(C(=O)CCCCCNC(=O)CCCCCON3C(=O)C4C5C=CC(O5)C4C3=O)CC2)(c2ccc(OC)cc2)c2ccc(OC)cc2)cc1. The Hall–Kier alpha value is -6.34. The fourth-order valence-electron chi connectivity index (χ4n) is 10.4. The van der Waals surface area contributed by atoms with E-state index in [1.54, 1.807) is 21.3 Å². The number of ether oxygens (including phenoxy) is 6. The van der Waals surface area contributed by atoms with E-state index in [1.165, 1.54) is 19.6 Å². The van der Waals surface area contributed by atoms with E-state index in [2.05, 4.69) is 31.0 Å². The molecule has 0 aromatic heterocycles. The van der Waals surface area contributed by atoms with E-state index in [4.69, 9.17) is 33.3 Å². The van der Waals surface area contributed by atoms with Crippen LogP contribution in [0.25, 0.3) is 0 Å². The number of nitrogens with zero attached hydrogens (tertiary/aromatic N) is 3. The van der Waals surface area contributed by atoms with E-state index in [1.807, 2.05) is 89.8 Å². The first-order chi connectivity index (χ1) is 37.2. The van der Waals surface area contributed by atoms with Crippen molar-refractivity contribution in [2.75, 3.05) is 80.4 Å². The molecule has 0 radical (unpaired) electrons. The Bertz CT molecular complexity index is 2270. The van der Waals surface area contributed by atoms with Crippen LogP contribution in [-0.2, 0) is 53.4 Å². The smallest absolute Gasteiger partial charge is 0.306 e. The maximum Gasteiger partial charge on any atom is 0.306 e. The number of unbranched alkanes of at least 4 members (excludes halogenated alkanes) is 4. The van der Waals surface area contributed by atoms with Gasteiger partial charge in [-0.15, -0.1) is 0 Å². The molecule has 4 aliphatic heterocycles. The van der Waals surface area contributed by atoms with E-state index in [0.29, 0.717) is 88.2 Å². The van der Waals surface area contributed by atoms with Crippen molar-refractivity contribution in [3.8, 4) is 17.2 Å². The number of fused-ring (bicyclic) bond motifs is 5. The van der Waals surface area contributed by atoms with Crippen molar-refractivity contribution in [2.45, 2.75) is 116 Å². The van der Waals surface area contributed by atoms with E-state index in [0.717, 1.165) is 34.6 Å². The molecule has 18 heteroatoms. The van der Waals surface area contributed by atoms with Crippen molar-refractivity contribution in [2.24, 2.45) is 17.3 Å². The molecule has 3 fully saturated rings. The predicted octanol–water partition coefficient (Wildman–Crippen LogP) is 7.49. The van der Waals surface area contributed by atoms with Crippen molar-refractivity contribution in [3.05, 3.63) is 102 Å². The number of likely N-dealkylation sites (tertiary alicyclic amines) is 1. The Balaban J connectivity index is 0.00000128. The van der Waals surface area contributed by atoms with Gasteiger partial charge >= 0.3 is 11.9 Å². The van der Waals surface area contributed by atoms with Gasteiger partial charge in [0.2, 0.25) is 11.8 Å². The number of methoxy groups -OCH3 is 3. The summed E-state index contributed by atoms with van der Waals surface area (Å²) in [6, 6.07) is 22.9. The molecule has 420 valence electrons. The molecule has 2 bridgehead atoms. The highest BCUT2D eigenvalue weighted by molar-refractivity contribution is 6.05. The van der Waals surface area contributed by atoms with Crippen molar-refractivity contribution in [3.63, 3.8) is 0 Å². The molecule has 18 nitrogen and oxygen atoms in total. The van der Waals surface area contributed by atoms with Crippen LogP contribution in [0.5, 0.6) is 17.2 Å². The Kier molecular flexibility index (Phi) is 22.9. The number of carbonyl (C=O) groups excluding carboxylic acids is 5. The number of carboxylic acid groups (broad SMARTS) is 1. The second-order valence-corrected chi connectivity index (χ2v) is 20.0. The number of imide groups is 1. The molecule has 3 aromatic carbocycles. The van der Waals surface area contributed by atoms with Crippen LogP contribution in [0.15, 0.2) is 84.9 Å². The predicted molar refractivity (Wildman–Crippen MR) is 287 cm³/mol. The molecule has 3 aromatic rings. The molecular weight excluding hydrogens is 989 g/mol. The molecule has 3 saturated heterocycles. The molecule has 77 heavy (non-hydrogen) atoms. The number of carboxylic acids is 1. The van der Waals surface area contributed by atoms with E-state index in [-0.39, 0.29) is 68.5 Å². The monoisotopic (exact) mass is 1070 g/mol. The number of nitrogens with one attached hydrogen (secondary N) is 1. The Morgan fingerprint density at radius 3 is 1.62 bits per heavy atom. The molecule has 0 spiro atoms. The summed E-state index contributed by atoms with van der Waals surface area (Å²) >= 11 is 0. The maximum absolute atomic E-state index is 13.6. The van der Waals surface area contributed by atoms with Crippen LogP contribution in [0.1, 0.15) is 115 Å². The molecule has 7 rings (SSSR count). The number of rotatable bonds is 30. The van der Waals surface area contributed by atoms with Gasteiger partial charge in [-0.05, 0) is 111 Å². The molecular formula is C59H80N4O14. The van der Waals surface area contributed by atoms with Gasteiger partial charge in [0.25, 0.3) is 11.8 Å². The minimum atomic E-state index is -1.19. The van der Waals surface area contributed by atoms with Crippen LogP contribution in [0.3, 0.4) is 0 Å².